The fraction of sp³-hybridized carbons (Fsp3) is 0.286. The van der Waals surface area contributed by atoms with Crippen LogP contribution in [0, 0.1) is 0 Å². The van der Waals surface area contributed by atoms with Gasteiger partial charge in [0.25, 0.3) is 0 Å². The van der Waals surface area contributed by atoms with Gasteiger partial charge in [-0.25, -0.2) is 0 Å². The standard InChI is InChI=1S/C7H9NO2/c1-6(9)10-7-3-2-4-8-5-7/h2-3,5,8H,4H2,1H3. The minimum atomic E-state index is -0.292. The molecule has 0 radical (unpaired) electrons. The van der Waals surface area contributed by atoms with E-state index in [2.05, 4.69) is 5.32 Å². The Morgan fingerprint density at radius 3 is 3.10 bits per heavy atom. The minimum Gasteiger partial charge on any atom is -0.425 e. The van der Waals surface area contributed by atoms with Crippen LogP contribution in [0.15, 0.2) is 24.1 Å². The highest BCUT2D eigenvalue weighted by Crippen LogP contribution is 2.01. The van der Waals surface area contributed by atoms with Crippen LogP contribution in [0.5, 0.6) is 0 Å². The van der Waals surface area contributed by atoms with Crippen molar-refractivity contribution in [3.05, 3.63) is 24.1 Å². The topological polar surface area (TPSA) is 38.3 Å². The predicted molar refractivity (Wildman–Crippen MR) is 37.0 cm³/mol. The maximum Gasteiger partial charge on any atom is 0.308 e. The van der Waals surface area contributed by atoms with Crippen LogP contribution in [0.2, 0.25) is 0 Å². The third kappa shape index (κ3) is 1.93. The Morgan fingerprint density at radius 2 is 2.60 bits per heavy atom. The summed E-state index contributed by atoms with van der Waals surface area (Å²) in [6.45, 7) is 2.17. The quantitative estimate of drug-likeness (QED) is 0.539. The molecule has 0 fully saturated rings. The summed E-state index contributed by atoms with van der Waals surface area (Å²) in [6.07, 6.45) is 5.32. The molecule has 54 valence electrons. The van der Waals surface area contributed by atoms with E-state index in [0.29, 0.717) is 5.76 Å². The van der Waals surface area contributed by atoms with Crippen molar-refractivity contribution in [2.75, 3.05) is 6.54 Å². The minimum absolute atomic E-state index is 0.292. The van der Waals surface area contributed by atoms with Gasteiger partial charge in [-0.05, 0) is 6.08 Å². The average molecular weight is 139 g/mol. The molecule has 0 unspecified atom stereocenters. The molecular formula is C7H9NO2. The summed E-state index contributed by atoms with van der Waals surface area (Å²) in [5, 5.41) is 2.91. The Bertz CT molecular complexity index is 194. The monoisotopic (exact) mass is 139 g/mol. The number of hydrogen-bond donors (Lipinski definition) is 1. The zero-order valence-corrected chi connectivity index (χ0v) is 5.76. The van der Waals surface area contributed by atoms with E-state index in [1.54, 1.807) is 12.3 Å². The molecule has 0 saturated carbocycles. The van der Waals surface area contributed by atoms with E-state index in [1.165, 1.54) is 6.92 Å². The molecule has 1 aliphatic heterocycles. The van der Waals surface area contributed by atoms with E-state index >= 15 is 0 Å². The normalized spacial score (nSPS) is 15.5. The van der Waals surface area contributed by atoms with Gasteiger partial charge in [0.2, 0.25) is 0 Å². The van der Waals surface area contributed by atoms with Crippen molar-refractivity contribution in [2.45, 2.75) is 6.92 Å². The van der Waals surface area contributed by atoms with Crippen molar-refractivity contribution in [1.29, 1.82) is 0 Å². The fourth-order valence-corrected chi connectivity index (χ4v) is 0.680. The number of ether oxygens (including phenoxy) is 1. The van der Waals surface area contributed by atoms with Gasteiger partial charge in [0.1, 0.15) is 5.76 Å². The number of esters is 1. The number of carbonyl (C=O) groups excluding carboxylic acids is 1. The lowest BCUT2D eigenvalue weighted by Crippen LogP contribution is -2.11. The molecule has 0 aliphatic carbocycles. The Kier molecular flexibility index (Phi) is 2.10. The molecule has 1 N–H and O–H groups in total. The molecule has 3 nitrogen and oxygen atoms in total. The van der Waals surface area contributed by atoms with E-state index in [4.69, 9.17) is 4.74 Å². The van der Waals surface area contributed by atoms with Crippen LogP contribution in [0.25, 0.3) is 0 Å². The zero-order valence-electron chi connectivity index (χ0n) is 5.76. The van der Waals surface area contributed by atoms with Crippen molar-refractivity contribution in [2.24, 2.45) is 0 Å². The SMILES string of the molecule is CC(=O)OC1=CNCC=C1. The van der Waals surface area contributed by atoms with Gasteiger partial charge in [0.15, 0.2) is 0 Å². The molecule has 10 heavy (non-hydrogen) atoms. The molecule has 3 heteroatoms. The van der Waals surface area contributed by atoms with Crippen molar-refractivity contribution in [3.63, 3.8) is 0 Å². The second-order valence-corrected chi connectivity index (χ2v) is 1.95. The van der Waals surface area contributed by atoms with Crippen molar-refractivity contribution in [1.82, 2.24) is 5.32 Å². The van der Waals surface area contributed by atoms with Crippen LogP contribution in [0.1, 0.15) is 6.92 Å². The van der Waals surface area contributed by atoms with Crippen molar-refractivity contribution >= 4 is 5.97 Å². The van der Waals surface area contributed by atoms with Gasteiger partial charge in [-0.3, -0.25) is 4.79 Å². The number of dihydropyridines is 1. The van der Waals surface area contributed by atoms with Crippen LogP contribution >= 0.6 is 0 Å². The summed E-state index contributed by atoms with van der Waals surface area (Å²) < 4.78 is 4.76. The lowest BCUT2D eigenvalue weighted by atomic mass is 10.4. The summed E-state index contributed by atoms with van der Waals surface area (Å²) in [5.74, 6) is 0.276. The average Bonchev–Trinajstić information content (AvgIpc) is 1.88. The van der Waals surface area contributed by atoms with Crippen LogP contribution in [0.4, 0.5) is 0 Å². The molecule has 0 aromatic carbocycles. The number of rotatable bonds is 1. The van der Waals surface area contributed by atoms with Gasteiger partial charge < -0.3 is 10.1 Å². The van der Waals surface area contributed by atoms with Crippen LogP contribution < -0.4 is 5.32 Å². The van der Waals surface area contributed by atoms with E-state index < -0.39 is 0 Å². The van der Waals surface area contributed by atoms with Gasteiger partial charge in [-0.2, -0.15) is 0 Å². The van der Waals surface area contributed by atoms with Gasteiger partial charge in [0.05, 0.1) is 0 Å². The summed E-state index contributed by atoms with van der Waals surface area (Å²) in [7, 11) is 0. The molecule has 0 aromatic heterocycles. The highest BCUT2D eigenvalue weighted by molar-refractivity contribution is 5.67. The third-order valence-corrected chi connectivity index (χ3v) is 1.02. The molecule has 1 aliphatic rings. The van der Waals surface area contributed by atoms with Gasteiger partial charge in [0, 0.05) is 19.7 Å². The predicted octanol–water partition coefficient (Wildman–Crippen LogP) is 0.550. The first kappa shape index (κ1) is 6.86. The molecule has 1 rings (SSSR count). The van der Waals surface area contributed by atoms with Crippen LogP contribution in [-0.2, 0) is 9.53 Å². The largest absolute Gasteiger partial charge is 0.425 e. The van der Waals surface area contributed by atoms with Gasteiger partial charge >= 0.3 is 5.97 Å². The van der Waals surface area contributed by atoms with Gasteiger partial charge in [-0.1, -0.05) is 6.08 Å². The summed E-state index contributed by atoms with van der Waals surface area (Å²) >= 11 is 0. The van der Waals surface area contributed by atoms with Gasteiger partial charge in [-0.15, -0.1) is 0 Å². The molecule has 0 atom stereocenters. The molecule has 0 spiro atoms. The van der Waals surface area contributed by atoms with E-state index in [9.17, 15) is 4.79 Å². The lowest BCUT2D eigenvalue weighted by molar-refractivity contribution is -0.136. The highest BCUT2D eigenvalue weighted by Gasteiger charge is 1.99. The molecule has 0 saturated heterocycles. The number of carbonyl (C=O) groups is 1. The first-order chi connectivity index (χ1) is 4.79. The third-order valence-electron chi connectivity index (χ3n) is 1.02. The summed E-state index contributed by atoms with van der Waals surface area (Å²) in [6, 6.07) is 0. The lowest BCUT2D eigenvalue weighted by Gasteiger charge is -2.06. The fourth-order valence-electron chi connectivity index (χ4n) is 0.680. The summed E-state index contributed by atoms with van der Waals surface area (Å²) in [4.78, 5) is 10.4. The van der Waals surface area contributed by atoms with Crippen LogP contribution in [0.3, 0.4) is 0 Å². The first-order valence-corrected chi connectivity index (χ1v) is 3.07. The Balaban J connectivity index is 2.48. The Hall–Kier alpha value is -1.25. The molecule has 1 heterocycles. The molecule has 0 aromatic rings. The van der Waals surface area contributed by atoms with Crippen LogP contribution in [-0.4, -0.2) is 12.5 Å². The second-order valence-electron chi connectivity index (χ2n) is 1.95. The smallest absolute Gasteiger partial charge is 0.308 e. The maximum absolute atomic E-state index is 10.4. The van der Waals surface area contributed by atoms with Crippen molar-refractivity contribution < 1.29 is 9.53 Å². The van der Waals surface area contributed by atoms with Crippen molar-refractivity contribution in [3.8, 4) is 0 Å². The molecule has 0 bridgehead atoms. The number of allylic oxidation sites excluding steroid dienone is 1. The highest BCUT2D eigenvalue weighted by atomic mass is 16.5. The van der Waals surface area contributed by atoms with E-state index in [0.717, 1.165) is 6.54 Å². The number of hydrogen-bond acceptors (Lipinski definition) is 3. The Morgan fingerprint density at radius 1 is 1.80 bits per heavy atom. The maximum atomic E-state index is 10.4. The van der Waals surface area contributed by atoms with E-state index in [-0.39, 0.29) is 5.97 Å². The first-order valence-electron chi connectivity index (χ1n) is 3.07. The second kappa shape index (κ2) is 3.06. The summed E-state index contributed by atoms with van der Waals surface area (Å²) in [5.41, 5.74) is 0. The Labute approximate surface area is 59.4 Å². The molecule has 0 amide bonds. The van der Waals surface area contributed by atoms with E-state index in [1.807, 2.05) is 6.08 Å². The number of nitrogens with one attached hydrogen (secondary N) is 1. The molecular weight excluding hydrogens is 130 g/mol. The zero-order chi connectivity index (χ0) is 7.40.